The highest BCUT2D eigenvalue weighted by Crippen LogP contribution is 2.23. The van der Waals surface area contributed by atoms with Crippen LogP contribution in [0.3, 0.4) is 0 Å². The molecule has 3 aromatic rings. The van der Waals surface area contributed by atoms with Crippen molar-refractivity contribution in [1.82, 2.24) is 5.16 Å². The average Bonchev–Trinajstić information content (AvgIpc) is 2.80. The summed E-state index contributed by atoms with van der Waals surface area (Å²) in [6.45, 7) is 8.10. The number of nitrogens with zero attached hydrogens (tertiary/aromatic N) is 1. The average molecular weight is 308 g/mol. The molecule has 0 atom stereocenters. The van der Waals surface area contributed by atoms with Crippen LogP contribution in [0.2, 0.25) is 0 Å². The second-order valence-electron chi connectivity index (χ2n) is 6.16. The van der Waals surface area contributed by atoms with E-state index >= 15 is 0 Å². The summed E-state index contributed by atoms with van der Waals surface area (Å²) in [5, 5.41) is 7.90. The van der Waals surface area contributed by atoms with Crippen LogP contribution in [-0.2, 0) is 11.2 Å². The Morgan fingerprint density at radius 2 is 1.65 bits per heavy atom. The predicted octanol–water partition coefficient (Wildman–Crippen LogP) is 4.24. The van der Waals surface area contributed by atoms with Crippen molar-refractivity contribution in [3.8, 4) is 0 Å². The van der Waals surface area contributed by atoms with Gasteiger partial charge in [0.1, 0.15) is 5.69 Å². The van der Waals surface area contributed by atoms with Gasteiger partial charge < -0.3 is 9.84 Å². The van der Waals surface area contributed by atoms with E-state index in [0.717, 1.165) is 38.9 Å². The molecule has 0 radical (unpaired) electrons. The Balaban J connectivity index is 1.81. The van der Waals surface area contributed by atoms with Crippen LogP contribution in [0.1, 0.15) is 27.9 Å². The molecule has 118 valence electrons. The number of amides is 1. The molecule has 0 saturated heterocycles. The molecule has 4 nitrogen and oxygen atoms in total. The van der Waals surface area contributed by atoms with Gasteiger partial charge in [-0.05, 0) is 74.2 Å². The minimum atomic E-state index is -0.0940. The number of hydrogen-bond acceptors (Lipinski definition) is 3. The highest BCUT2D eigenvalue weighted by atomic mass is 16.5. The summed E-state index contributed by atoms with van der Waals surface area (Å²) in [5.41, 5.74) is 6.77. The smallest absolute Gasteiger partial charge is 0.230 e. The molecule has 0 fully saturated rings. The molecule has 1 N–H and O–H groups in total. The van der Waals surface area contributed by atoms with E-state index in [0.29, 0.717) is 5.69 Å². The lowest BCUT2D eigenvalue weighted by molar-refractivity contribution is -0.115. The third-order valence-electron chi connectivity index (χ3n) is 3.99. The fourth-order valence-corrected chi connectivity index (χ4v) is 2.78. The van der Waals surface area contributed by atoms with Gasteiger partial charge in [0, 0.05) is 11.1 Å². The van der Waals surface area contributed by atoms with Crippen molar-refractivity contribution in [2.75, 3.05) is 5.32 Å². The minimum Gasteiger partial charge on any atom is -0.356 e. The van der Waals surface area contributed by atoms with Gasteiger partial charge in [0.15, 0.2) is 5.58 Å². The molecule has 3 rings (SSSR count). The van der Waals surface area contributed by atoms with Crippen molar-refractivity contribution in [2.24, 2.45) is 0 Å². The van der Waals surface area contributed by atoms with Crippen LogP contribution < -0.4 is 5.32 Å². The van der Waals surface area contributed by atoms with Gasteiger partial charge in [-0.25, -0.2) is 0 Å². The van der Waals surface area contributed by atoms with E-state index in [1.807, 2.05) is 52.0 Å². The number of aryl methyl sites for hydroxylation is 4. The third-order valence-corrected chi connectivity index (χ3v) is 3.99. The summed E-state index contributed by atoms with van der Waals surface area (Å²) in [6, 6.07) is 9.98. The zero-order valence-electron chi connectivity index (χ0n) is 13.9. The number of anilines is 1. The van der Waals surface area contributed by atoms with Crippen molar-refractivity contribution in [3.05, 3.63) is 58.3 Å². The number of aromatic nitrogens is 1. The fourth-order valence-electron chi connectivity index (χ4n) is 2.78. The zero-order chi connectivity index (χ0) is 16.6. The molecule has 0 unspecified atom stereocenters. The van der Waals surface area contributed by atoms with Gasteiger partial charge in [0.05, 0.1) is 6.42 Å². The van der Waals surface area contributed by atoms with Gasteiger partial charge in [-0.1, -0.05) is 11.2 Å². The molecule has 1 aromatic heterocycles. The molecule has 1 heterocycles. The van der Waals surface area contributed by atoms with Gasteiger partial charge in [0.25, 0.3) is 0 Å². The first-order valence-electron chi connectivity index (χ1n) is 7.66. The Morgan fingerprint density at radius 3 is 2.35 bits per heavy atom. The molecule has 0 aliphatic rings. The molecule has 0 aliphatic heterocycles. The maximum atomic E-state index is 12.3. The summed E-state index contributed by atoms with van der Waals surface area (Å²) in [6.07, 6.45) is 0.197. The molecule has 0 saturated carbocycles. The summed E-state index contributed by atoms with van der Waals surface area (Å²) >= 11 is 0. The predicted molar refractivity (Wildman–Crippen MR) is 91.7 cm³/mol. The summed E-state index contributed by atoms with van der Waals surface area (Å²) < 4.78 is 5.34. The Bertz CT molecular complexity index is 874. The number of rotatable bonds is 3. The number of hydrogen-bond donors (Lipinski definition) is 1. The largest absolute Gasteiger partial charge is 0.356 e. The fraction of sp³-hybridized carbons (Fsp3) is 0.263. The second-order valence-corrected chi connectivity index (χ2v) is 6.16. The van der Waals surface area contributed by atoms with E-state index in [4.69, 9.17) is 4.52 Å². The van der Waals surface area contributed by atoms with Crippen LogP contribution in [0, 0.1) is 27.7 Å². The molecular weight excluding hydrogens is 288 g/mol. The zero-order valence-corrected chi connectivity index (χ0v) is 13.9. The summed E-state index contributed by atoms with van der Waals surface area (Å²) in [7, 11) is 0. The topological polar surface area (TPSA) is 55.1 Å². The van der Waals surface area contributed by atoms with Gasteiger partial charge in [-0.2, -0.15) is 0 Å². The molecule has 0 spiro atoms. The van der Waals surface area contributed by atoms with E-state index in [1.54, 1.807) is 0 Å². The SMILES string of the molecule is Cc1cc(C)cc(NC(=O)Cc2noc3cc(C)c(C)cc23)c1. The first kappa shape index (κ1) is 15.3. The third kappa shape index (κ3) is 3.26. The van der Waals surface area contributed by atoms with Gasteiger partial charge in [-0.15, -0.1) is 0 Å². The maximum absolute atomic E-state index is 12.3. The van der Waals surface area contributed by atoms with E-state index in [9.17, 15) is 4.79 Å². The van der Waals surface area contributed by atoms with Crippen molar-refractivity contribution in [3.63, 3.8) is 0 Å². The lowest BCUT2D eigenvalue weighted by Crippen LogP contribution is -2.15. The number of carbonyl (C=O) groups is 1. The van der Waals surface area contributed by atoms with Gasteiger partial charge in [-0.3, -0.25) is 4.79 Å². The quantitative estimate of drug-likeness (QED) is 0.787. The lowest BCUT2D eigenvalue weighted by Gasteiger charge is -2.07. The Hall–Kier alpha value is -2.62. The summed E-state index contributed by atoms with van der Waals surface area (Å²) in [5.74, 6) is -0.0940. The van der Waals surface area contributed by atoms with Crippen molar-refractivity contribution >= 4 is 22.6 Å². The van der Waals surface area contributed by atoms with Gasteiger partial charge in [0.2, 0.25) is 5.91 Å². The molecule has 23 heavy (non-hydrogen) atoms. The highest BCUT2D eigenvalue weighted by molar-refractivity contribution is 5.95. The monoisotopic (exact) mass is 308 g/mol. The maximum Gasteiger partial charge on any atom is 0.230 e. The first-order chi connectivity index (χ1) is 10.9. The number of carbonyl (C=O) groups excluding carboxylic acids is 1. The van der Waals surface area contributed by atoms with Crippen molar-refractivity contribution in [1.29, 1.82) is 0 Å². The molecule has 2 aromatic carbocycles. The Morgan fingerprint density at radius 1 is 1.00 bits per heavy atom. The second kappa shape index (κ2) is 5.88. The molecule has 1 amide bonds. The standard InChI is InChI=1S/C19H20N2O2/c1-11-5-12(2)7-15(6-11)20-19(22)10-17-16-8-13(3)14(4)9-18(16)23-21-17/h5-9H,10H2,1-4H3,(H,20,22). The van der Waals surface area contributed by atoms with E-state index in [-0.39, 0.29) is 12.3 Å². The molecular formula is C19H20N2O2. The van der Waals surface area contributed by atoms with Crippen molar-refractivity contribution < 1.29 is 9.32 Å². The molecule has 0 aliphatic carbocycles. The number of nitrogens with one attached hydrogen (secondary N) is 1. The Labute approximate surface area is 135 Å². The van der Waals surface area contributed by atoms with Crippen LogP contribution in [0.5, 0.6) is 0 Å². The van der Waals surface area contributed by atoms with E-state index in [2.05, 4.69) is 16.5 Å². The summed E-state index contributed by atoms with van der Waals surface area (Å²) in [4.78, 5) is 12.3. The van der Waals surface area contributed by atoms with Crippen LogP contribution in [0.4, 0.5) is 5.69 Å². The molecule has 0 bridgehead atoms. The van der Waals surface area contributed by atoms with Crippen molar-refractivity contribution in [2.45, 2.75) is 34.1 Å². The normalized spacial score (nSPS) is 11.0. The van der Waals surface area contributed by atoms with Crippen LogP contribution in [0.15, 0.2) is 34.9 Å². The van der Waals surface area contributed by atoms with Crippen LogP contribution in [-0.4, -0.2) is 11.1 Å². The Kier molecular flexibility index (Phi) is 3.90. The van der Waals surface area contributed by atoms with E-state index < -0.39 is 0 Å². The minimum absolute atomic E-state index is 0.0940. The lowest BCUT2D eigenvalue weighted by atomic mass is 10.1. The van der Waals surface area contributed by atoms with E-state index in [1.165, 1.54) is 0 Å². The first-order valence-corrected chi connectivity index (χ1v) is 7.66. The van der Waals surface area contributed by atoms with Gasteiger partial charge >= 0.3 is 0 Å². The number of fused-ring (bicyclic) bond motifs is 1. The highest BCUT2D eigenvalue weighted by Gasteiger charge is 2.14. The van der Waals surface area contributed by atoms with Crippen LogP contribution >= 0.6 is 0 Å². The molecule has 4 heteroatoms. The van der Waals surface area contributed by atoms with Crippen LogP contribution in [0.25, 0.3) is 11.0 Å². The number of benzene rings is 2.